The highest BCUT2D eigenvalue weighted by molar-refractivity contribution is 5.78. The molecule has 1 aliphatic rings. The Hall–Kier alpha value is -1.69. The van der Waals surface area contributed by atoms with Gasteiger partial charge in [0, 0.05) is 38.5 Å². The normalized spacial score (nSPS) is 16.0. The zero-order valence-electron chi connectivity index (χ0n) is 14.8. The minimum Gasteiger partial charge on any atom is -0.396 e. The van der Waals surface area contributed by atoms with Gasteiger partial charge in [0.05, 0.1) is 0 Å². The maximum absolute atomic E-state index is 13.6. The molecule has 1 atom stereocenters. The third-order valence-electron chi connectivity index (χ3n) is 3.90. The largest absolute Gasteiger partial charge is 0.396 e. The Bertz CT molecular complexity index is 512. The van der Waals surface area contributed by atoms with Crippen LogP contribution in [0.2, 0.25) is 0 Å². The monoisotopic (exact) mass is 340 g/mol. The predicted molar refractivity (Wildman–Crippen MR) is 91.8 cm³/mol. The van der Waals surface area contributed by atoms with Crippen LogP contribution in [0, 0.1) is 5.41 Å². The minimum absolute atomic E-state index is 0.0619. The number of nitrogens with one attached hydrogen (secondary N) is 2. The van der Waals surface area contributed by atoms with E-state index in [4.69, 9.17) is 5.11 Å². The molecule has 0 spiro atoms. The van der Waals surface area contributed by atoms with Crippen LogP contribution in [0.15, 0.2) is 23.6 Å². The molecular weight excluding hydrogens is 311 g/mol. The molecule has 2 amide bonds. The second-order valence-electron chi connectivity index (χ2n) is 7.14. The summed E-state index contributed by atoms with van der Waals surface area (Å²) < 4.78 is 13.6. The molecule has 0 radical (unpaired) electrons. The van der Waals surface area contributed by atoms with Gasteiger partial charge >= 0.3 is 0 Å². The number of carbonyl (C=O) groups excluding carboxylic acids is 2. The fourth-order valence-electron chi connectivity index (χ4n) is 2.37. The lowest BCUT2D eigenvalue weighted by molar-refractivity contribution is -0.125. The molecule has 1 aliphatic carbocycles. The first kappa shape index (κ1) is 20.4. The molecule has 0 aromatic carbocycles. The van der Waals surface area contributed by atoms with Crippen LogP contribution in [0.4, 0.5) is 4.39 Å². The molecule has 0 unspecified atom stereocenters. The number of halogens is 1. The van der Waals surface area contributed by atoms with Gasteiger partial charge in [0.15, 0.2) is 0 Å². The Morgan fingerprint density at radius 1 is 1.38 bits per heavy atom. The van der Waals surface area contributed by atoms with Crippen molar-refractivity contribution in [3.63, 3.8) is 0 Å². The summed E-state index contributed by atoms with van der Waals surface area (Å²) in [5.41, 5.74) is 0.144. The minimum atomic E-state index is -0.456. The summed E-state index contributed by atoms with van der Waals surface area (Å²) in [6.45, 7) is 5.68. The van der Waals surface area contributed by atoms with Crippen molar-refractivity contribution < 1.29 is 19.1 Å². The van der Waals surface area contributed by atoms with Crippen LogP contribution in [-0.2, 0) is 9.59 Å². The molecule has 0 saturated carbocycles. The van der Waals surface area contributed by atoms with E-state index < -0.39 is 5.41 Å². The Labute approximate surface area is 143 Å². The average molecular weight is 340 g/mol. The highest BCUT2D eigenvalue weighted by Gasteiger charge is 2.21. The number of allylic oxidation sites excluding steroid dienone is 4. The van der Waals surface area contributed by atoms with E-state index in [0.29, 0.717) is 31.4 Å². The summed E-state index contributed by atoms with van der Waals surface area (Å²) in [6.07, 6.45) is 5.64. The van der Waals surface area contributed by atoms with Gasteiger partial charge in [0.25, 0.3) is 0 Å². The molecule has 24 heavy (non-hydrogen) atoms. The van der Waals surface area contributed by atoms with Crippen LogP contribution in [0.25, 0.3) is 0 Å². The van der Waals surface area contributed by atoms with Gasteiger partial charge in [-0.05, 0) is 30.8 Å². The second kappa shape index (κ2) is 9.57. The summed E-state index contributed by atoms with van der Waals surface area (Å²) in [5, 5.41) is 14.7. The number of amides is 2. The first-order chi connectivity index (χ1) is 11.2. The standard InChI is InChI=1S/C18H29FN2O3/c1-13(11-20-17(24)10-18(2,3)12-22)21-16(23)9-8-14-6-4-5-7-15(14)19/h4,6,13,22H,5,7-12H2,1-3H3,(H,20,24)(H,21,23)/t13-/m1/s1. The number of hydrogen-bond acceptors (Lipinski definition) is 3. The molecule has 0 bridgehead atoms. The van der Waals surface area contributed by atoms with Crippen molar-refractivity contribution in [1.29, 1.82) is 0 Å². The molecule has 1 rings (SSSR count). The van der Waals surface area contributed by atoms with Crippen molar-refractivity contribution in [1.82, 2.24) is 10.6 Å². The number of carbonyl (C=O) groups is 2. The zero-order chi connectivity index (χ0) is 18.2. The topological polar surface area (TPSA) is 78.4 Å². The molecule has 3 N–H and O–H groups in total. The molecule has 5 nitrogen and oxygen atoms in total. The van der Waals surface area contributed by atoms with Gasteiger partial charge in [-0.1, -0.05) is 26.0 Å². The maximum atomic E-state index is 13.6. The third-order valence-corrected chi connectivity index (χ3v) is 3.90. The second-order valence-corrected chi connectivity index (χ2v) is 7.14. The van der Waals surface area contributed by atoms with Crippen LogP contribution in [0.5, 0.6) is 0 Å². The van der Waals surface area contributed by atoms with Crippen molar-refractivity contribution in [3.8, 4) is 0 Å². The number of rotatable bonds is 9. The number of aliphatic hydroxyl groups is 1. The Morgan fingerprint density at radius 3 is 2.71 bits per heavy atom. The molecule has 0 saturated heterocycles. The molecule has 0 fully saturated rings. The molecule has 0 aliphatic heterocycles. The van der Waals surface area contributed by atoms with Crippen molar-refractivity contribution in [2.24, 2.45) is 5.41 Å². The van der Waals surface area contributed by atoms with E-state index in [0.717, 1.165) is 0 Å². The molecule has 0 aromatic rings. The first-order valence-electron chi connectivity index (χ1n) is 8.44. The number of aliphatic hydroxyl groups excluding tert-OH is 1. The highest BCUT2D eigenvalue weighted by Crippen LogP contribution is 2.23. The van der Waals surface area contributed by atoms with E-state index in [1.54, 1.807) is 13.0 Å². The fourth-order valence-corrected chi connectivity index (χ4v) is 2.37. The summed E-state index contributed by atoms with van der Waals surface area (Å²) in [7, 11) is 0. The summed E-state index contributed by atoms with van der Waals surface area (Å²) >= 11 is 0. The SMILES string of the molecule is C[C@H](CNC(=O)CC(C)(C)CO)NC(=O)CCC1=C(F)CCC=C1. The van der Waals surface area contributed by atoms with E-state index in [1.807, 2.05) is 19.9 Å². The van der Waals surface area contributed by atoms with Crippen LogP contribution in [0.1, 0.15) is 52.9 Å². The molecular formula is C18H29FN2O3. The zero-order valence-corrected chi connectivity index (χ0v) is 14.8. The lowest BCUT2D eigenvalue weighted by Crippen LogP contribution is -2.42. The molecule has 0 aromatic heterocycles. The van der Waals surface area contributed by atoms with E-state index in [9.17, 15) is 14.0 Å². The van der Waals surface area contributed by atoms with Gasteiger partial charge in [0.2, 0.25) is 11.8 Å². The van der Waals surface area contributed by atoms with Gasteiger partial charge in [-0.25, -0.2) is 4.39 Å². The van der Waals surface area contributed by atoms with Crippen LogP contribution in [0.3, 0.4) is 0 Å². The van der Waals surface area contributed by atoms with Gasteiger partial charge in [-0.15, -0.1) is 0 Å². The Kier molecular flexibility index (Phi) is 8.11. The highest BCUT2D eigenvalue weighted by atomic mass is 19.1. The van der Waals surface area contributed by atoms with Crippen LogP contribution >= 0.6 is 0 Å². The quantitative estimate of drug-likeness (QED) is 0.603. The van der Waals surface area contributed by atoms with Crippen LogP contribution < -0.4 is 10.6 Å². The summed E-state index contributed by atoms with van der Waals surface area (Å²) in [5.74, 6) is -0.446. The van der Waals surface area contributed by atoms with E-state index in [1.165, 1.54) is 0 Å². The average Bonchev–Trinajstić information content (AvgIpc) is 2.52. The molecule has 0 heterocycles. The molecule has 136 valence electrons. The molecule has 6 heteroatoms. The lowest BCUT2D eigenvalue weighted by atomic mass is 9.90. The van der Waals surface area contributed by atoms with Gasteiger partial charge < -0.3 is 15.7 Å². The smallest absolute Gasteiger partial charge is 0.220 e. The maximum Gasteiger partial charge on any atom is 0.220 e. The van der Waals surface area contributed by atoms with Gasteiger partial charge in [-0.3, -0.25) is 9.59 Å². The van der Waals surface area contributed by atoms with Crippen molar-refractivity contribution in [2.75, 3.05) is 13.2 Å². The van der Waals surface area contributed by atoms with Crippen molar-refractivity contribution in [3.05, 3.63) is 23.6 Å². The Balaban J connectivity index is 2.27. The van der Waals surface area contributed by atoms with Gasteiger partial charge in [-0.2, -0.15) is 0 Å². The first-order valence-corrected chi connectivity index (χ1v) is 8.44. The van der Waals surface area contributed by atoms with Gasteiger partial charge in [0.1, 0.15) is 5.83 Å². The van der Waals surface area contributed by atoms with Crippen molar-refractivity contribution in [2.45, 2.75) is 58.9 Å². The van der Waals surface area contributed by atoms with E-state index >= 15 is 0 Å². The summed E-state index contributed by atoms with van der Waals surface area (Å²) in [4.78, 5) is 23.7. The van der Waals surface area contributed by atoms with E-state index in [2.05, 4.69) is 10.6 Å². The fraction of sp³-hybridized carbons (Fsp3) is 0.667. The third kappa shape index (κ3) is 7.73. The van der Waals surface area contributed by atoms with Crippen molar-refractivity contribution >= 4 is 11.8 Å². The van der Waals surface area contributed by atoms with E-state index in [-0.39, 0.29) is 43.1 Å². The predicted octanol–water partition coefficient (Wildman–Crippen LogP) is 2.37. The Morgan fingerprint density at radius 2 is 2.08 bits per heavy atom. The van der Waals surface area contributed by atoms with Crippen LogP contribution in [-0.4, -0.2) is 36.1 Å². The lowest BCUT2D eigenvalue weighted by Gasteiger charge is -2.21. The number of hydrogen-bond donors (Lipinski definition) is 3. The summed E-state index contributed by atoms with van der Waals surface area (Å²) in [6, 6.07) is -0.209.